The summed E-state index contributed by atoms with van der Waals surface area (Å²) in [5, 5.41) is 1.34. The van der Waals surface area contributed by atoms with E-state index in [1.807, 2.05) is 23.9 Å². The molecule has 2 rings (SSSR count). The Morgan fingerprint density at radius 3 is 3.14 bits per heavy atom. The molecule has 76 valence electrons. The van der Waals surface area contributed by atoms with E-state index >= 15 is 0 Å². The predicted octanol–water partition coefficient (Wildman–Crippen LogP) is 2.68. The van der Waals surface area contributed by atoms with Gasteiger partial charge in [0.2, 0.25) is 0 Å². The topological polar surface area (TPSA) is 16.1 Å². The Kier molecular flexibility index (Phi) is 3.19. The van der Waals surface area contributed by atoms with Crippen molar-refractivity contribution in [3.05, 3.63) is 23.5 Å². The number of hydrogen-bond acceptors (Lipinski definition) is 3. The van der Waals surface area contributed by atoms with E-state index in [-0.39, 0.29) is 0 Å². The third-order valence-corrected chi connectivity index (χ3v) is 3.81. The summed E-state index contributed by atoms with van der Waals surface area (Å²) < 4.78 is 0. The van der Waals surface area contributed by atoms with Crippen LogP contribution in [-0.4, -0.2) is 29.6 Å². The standard InChI is InChI=1S/C10H13ClN2S/c1-14-9-3-5-13(7-9)8-2-4-12-10(11)6-8/h2,4,6,9H,3,5,7H2,1H3. The second kappa shape index (κ2) is 4.41. The summed E-state index contributed by atoms with van der Waals surface area (Å²) in [5.74, 6) is 0. The normalized spacial score (nSPS) is 21.6. The first-order valence-corrected chi connectivity index (χ1v) is 6.35. The highest BCUT2D eigenvalue weighted by molar-refractivity contribution is 7.99. The third-order valence-electron chi connectivity index (χ3n) is 2.55. The quantitative estimate of drug-likeness (QED) is 0.725. The molecule has 0 aliphatic carbocycles. The van der Waals surface area contributed by atoms with Gasteiger partial charge in [0.15, 0.2) is 0 Å². The molecule has 0 bridgehead atoms. The van der Waals surface area contributed by atoms with Gasteiger partial charge in [-0.05, 0) is 24.8 Å². The Labute approximate surface area is 93.7 Å². The molecule has 0 saturated carbocycles. The fourth-order valence-corrected chi connectivity index (χ4v) is 2.58. The average Bonchev–Trinajstić information content (AvgIpc) is 2.66. The van der Waals surface area contributed by atoms with Crippen LogP contribution in [0.1, 0.15) is 6.42 Å². The molecular formula is C10H13ClN2S. The highest BCUT2D eigenvalue weighted by Gasteiger charge is 2.21. The molecule has 1 aromatic rings. The SMILES string of the molecule is CSC1CCN(c2ccnc(Cl)c2)C1. The number of anilines is 1. The van der Waals surface area contributed by atoms with Crippen LogP contribution in [0.3, 0.4) is 0 Å². The molecule has 1 aliphatic heterocycles. The molecule has 1 saturated heterocycles. The Bertz CT molecular complexity index is 319. The lowest BCUT2D eigenvalue weighted by atomic mass is 10.4. The minimum atomic E-state index is 0.579. The number of thioether (sulfide) groups is 1. The Hall–Kier alpha value is -0.410. The predicted molar refractivity (Wildman–Crippen MR) is 63.4 cm³/mol. The van der Waals surface area contributed by atoms with Gasteiger partial charge in [0.1, 0.15) is 5.15 Å². The highest BCUT2D eigenvalue weighted by Crippen LogP contribution is 2.26. The number of nitrogens with zero attached hydrogens (tertiary/aromatic N) is 2. The monoisotopic (exact) mass is 228 g/mol. The molecule has 1 atom stereocenters. The van der Waals surface area contributed by atoms with Gasteiger partial charge in [-0.1, -0.05) is 11.6 Å². The van der Waals surface area contributed by atoms with Crippen molar-refractivity contribution >= 4 is 29.1 Å². The van der Waals surface area contributed by atoms with E-state index in [9.17, 15) is 0 Å². The summed E-state index contributed by atoms with van der Waals surface area (Å²) >= 11 is 7.80. The van der Waals surface area contributed by atoms with Gasteiger partial charge in [-0.3, -0.25) is 0 Å². The van der Waals surface area contributed by atoms with E-state index in [1.54, 1.807) is 6.20 Å². The first-order chi connectivity index (χ1) is 6.79. The molecule has 1 fully saturated rings. The van der Waals surface area contributed by atoms with Crippen LogP contribution >= 0.6 is 23.4 Å². The molecule has 0 spiro atoms. The van der Waals surface area contributed by atoms with Gasteiger partial charge in [0.25, 0.3) is 0 Å². The average molecular weight is 229 g/mol. The first-order valence-electron chi connectivity index (χ1n) is 4.69. The molecule has 1 aromatic heterocycles. The Balaban J connectivity index is 2.09. The van der Waals surface area contributed by atoms with Crippen molar-refractivity contribution in [1.29, 1.82) is 0 Å². The van der Waals surface area contributed by atoms with Crippen molar-refractivity contribution < 1.29 is 0 Å². The number of rotatable bonds is 2. The van der Waals surface area contributed by atoms with Gasteiger partial charge in [0.05, 0.1) is 0 Å². The van der Waals surface area contributed by atoms with Crippen LogP contribution < -0.4 is 4.90 Å². The number of pyridine rings is 1. The zero-order valence-corrected chi connectivity index (χ0v) is 9.68. The lowest BCUT2D eigenvalue weighted by Crippen LogP contribution is -2.20. The van der Waals surface area contributed by atoms with Crippen molar-refractivity contribution in [3.8, 4) is 0 Å². The van der Waals surface area contributed by atoms with Gasteiger partial charge in [-0.2, -0.15) is 11.8 Å². The maximum atomic E-state index is 5.85. The van der Waals surface area contributed by atoms with Crippen LogP contribution in [-0.2, 0) is 0 Å². The summed E-state index contributed by atoms with van der Waals surface area (Å²) in [4.78, 5) is 6.35. The molecule has 0 radical (unpaired) electrons. The van der Waals surface area contributed by atoms with Gasteiger partial charge >= 0.3 is 0 Å². The van der Waals surface area contributed by atoms with Crippen LogP contribution in [0, 0.1) is 0 Å². The Morgan fingerprint density at radius 1 is 1.64 bits per heavy atom. The van der Waals surface area contributed by atoms with Crippen LogP contribution in [0.25, 0.3) is 0 Å². The molecule has 14 heavy (non-hydrogen) atoms. The summed E-state index contributed by atoms with van der Waals surface area (Å²) in [6.07, 6.45) is 5.21. The second-order valence-corrected chi connectivity index (χ2v) is 4.95. The van der Waals surface area contributed by atoms with Gasteiger partial charge < -0.3 is 4.90 Å². The lowest BCUT2D eigenvalue weighted by molar-refractivity contribution is 0.963. The van der Waals surface area contributed by atoms with Crippen molar-refractivity contribution in [2.75, 3.05) is 24.2 Å². The highest BCUT2D eigenvalue weighted by atomic mass is 35.5. The van der Waals surface area contributed by atoms with E-state index in [2.05, 4.69) is 16.1 Å². The van der Waals surface area contributed by atoms with E-state index < -0.39 is 0 Å². The molecule has 0 amide bonds. The van der Waals surface area contributed by atoms with Crippen molar-refractivity contribution in [1.82, 2.24) is 4.98 Å². The fraction of sp³-hybridized carbons (Fsp3) is 0.500. The van der Waals surface area contributed by atoms with Crippen LogP contribution in [0.4, 0.5) is 5.69 Å². The maximum Gasteiger partial charge on any atom is 0.131 e. The van der Waals surface area contributed by atoms with Crippen LogP contribution in [0.5, 0.6) is 0 Å². The third kappa shape index (κ3) is 2.15. The molecule has 4 heteroatoms. The smallest absolute Gasteiger partial charge is 0.131 e. The van der Waals surface area contributed by atoms with Gasteiger partial charge in [-0.25, -0.2) is 4.98 Å². The first kappa shape index (κ1) is 10.1. The van der Waals surface area contributed by atoms with E-state index in [0.717, 1.165) is 18.3 Å². The zero-order valence-electron chi connectivity index (χ0n) is 8.11. The molecule has 2 nitrogen and oxygen atoms in total. The molecule has 0 aromatic carbocycles. The largest absolute Gasteiger partial charge is 0.370 e. The summed E-state index contributed by atoms with van der Waals surface area (Å²) in [5.41, 5.74) is 1.20. The Morgan fingerprint density at radius 2 is 2.50 bits per heavy atom. The number of hydrogen-bond donors (Lipinski definition) is 0. The molecule has 0 N–H and O–H groups in total. The van der Waals surface area contributed by atoms with E-state index in [0.29, 0.717) is 5.15 Å². The fourth-order valence-electron chi connectivity index (χ4n) is 1.74. The zero-order chi connectivity index (χ0) is 9.97. The summed E-state index contributed by atoms with van der Waals surface area (Å²) in [6.45, 7) is 2.26. The number of halogens is 1. The van der Waals surface area contributed by atoms with Crippen molar-refractivity contribution in [2.24, 2.45) is 0 Å². The molecule has 1 aliphatic rings. The van der Waals surface area contributed by atoms with Crippen LogP contribution in [0.2, 0.25) is 5.15 Å². The van der Waals surface area contributed by atoms with E-state index in [1.165, 1.54) is 12.1 Å². The maximum absolute atomic E-state index is 5.85. The van der Waals surface area contributed by atoms with E-state index in [4.69, 9.17) is 11.6 Å². The molecular weight excluding hydrogens is 216 g/mol. The lowest BCUT2D eigenvalue weighted by Gasteiger charge is -2.17. The van der Waals surface area contributed by atoms with Crippen LogP contribution in [0.15, 0.2) is 18.3 Å². The second-order valence-electron chi connectivity index (χ2n) is 3.43. The summed E-state index contributed by atoms with van der Waals surface area (Å²) in [7, 11) is 0. The summed E-state index contributed by atoms with van der Waals surface area (Å²) in [6, 6.07) is 3.96. The molecule has 1 unspecified atom stereocenters. The van der Waals surface area contributed by atoms with Crippen molar-refractivity contribution in [2.45, 2.75) is 11.7 Å². The number of aromatic nitrogens is 1. The van der Waals surface area contributed by atoms with Gasteiger partial charge in [0, 0.05) is 30.2 Å². The minimum Gasteiger partial charge on any atom is -0.370 e. The minimum absolute atomic E-state index is 0.579. The van der Waals surface area contributed by atoms with Crippen molar-refractivity contribution in [3.63, 3.8) is 0 Å². The molecule has 2 heterocycles. The van der Waals surface area contributed by atoms with Gasteiger partial charge in [-0.15, -0.1) is 0 Å².